The van der Waals surface area contributed by atoms with Crippen LogP contribution in [0.1, 0.15) is 12.6 Å². The van der Waals surface area contributed by atoms with Crippen LogP contribution in [0.25, 0.3) is 11.0 Å². The molecule has 5 heteroatoms. The van der Waals surface area contributed by atoms with Crippen LogP contribution in [0, 0.1) is 17.2 Å². The lowest BCUT2D eigenvalue weighted by Crippen LogP contribution is -2.32. The number of likely N-dealkylation sites (N-methyl/N-ethyl adjacent to an activating group) is 1. The maximum Gasteiger partial charge on any atom is 0.228 e. The number of fused-ring (bicyclic) bond motifs is 1. The van der Waals surface area contributed by atoms with E-state index in [-0.39, 0.29) is 18.2 Å². The average Bonchev–Trinajstić information content (AvgIpc) is 2.82. The Kier molecular flexibility index (Phi) is 3.81. The number of para-hydroxylation sites is 1. The Morgan fingerprint density at radius 1 is 1.53 bits per heavy atom. The number of hydrogen-bond donors (Lipinski definition) is 0. The first-order valence-electron chi connectivity index (χ1n) is 6.08. The third-order valence-corrected chi connectivity index (χ3v) is 2.96. The molecule has 0 saturated heterocycles. The number of nitriles is 1. The quantitative estimate of drug-likeness (QED) is 0.839. The van der Waals surface area contributed by atoms with Gasteiger partial charge in [0.25, 0.3) is 0 Å². The van der Waals surface area contributed by atoms with Crippen LogP contribution in [-0.2, 0) is 11.2 Å². The van der Waals surface area contributed by atoms with Gasteiger partial charge < -0.3 is 9.42 Å². The second kappa shape index (κ2) is 5.53. The fourth-order valence-electron chi connectivity index (χ4n) is 1.90. The lowest BCUT2D eigenvalue weighted by atomic mass is 10.1. The minimum absolute atomic E-state index is 0.0684. The van der Waals surface area contributed by atoms with E-state index in [4.69, 9.17) is 9.78 Å². The van der Waals surface area contributed by atoms with Crippen molar-refractivity contribution in [3.8, 4) is 6.07 Å². The summed E-state index contributed by atoms with van der Waals surface area (Å²) in [6, 6.07) is 9.55. The molecule has 0 bridgehead atoms. The number of amides is 1. The smallest absolute Gasteiger partial charge is 0.228 e. The van der Waals surface area contributed by atoms with Crippen LogP contribution < -0.4 is 0 Å². The highest BCUT2D eigenvalue weighted by molar-refractivity contribution is 5.86. The lowest BCUT2D eigenvalue weighted by molar-refractivity contribution is -0.129. The summed E-state index contributed by atoms with van der Waals surface area (Å²) in [5, 5.41) is 13.5. The zero-order valence-corrected chi connectivity index (χ0v) is 11.0. The molecule has 1 aromatic carbocycles. The van der Waals surface area contributed by atoms with Crippen LogP contribution in [0.5, 0.6) is 0 Å². The highest BCUT2D eigenvalue weighted by Gasteiger charge is 2.16. The second-order valence-corrected chi connectivity index (χ2v) is 4.61. The van der Waals surface area contributed by atoms with Gasteiger partial charge in [0.2, 0.25) is 5.91 Å². The van der Waals surface area contributed by atoms with Crippen LogP contribution in [0.4, 0.5) is 0 Å². The SMILES string of the molecule is C[C@H](C#N)CN(C)C(=O)Cc1noc2ccccc12. The van der Waals surface area contributed by atoms with Crippen LogP contribution in [0.2, 0.25) is 0 Å². The zero-order chi connectivity index (χ0) is 13.8. The predicted molar refractivity (Wildman–Crippen MR) is 70.1 cm³/mol. The fraction of sp³-hybridized carbons (Fsp3) is 0.357. The van der Waals surface area contributed by atoms with Gasteiger partial charge in [-0.2, -0.15) is 5.26 Å². The van der Waals surface area contributed by atoms with E-state index in [0.29, 0.717) is 17.8 Å². The molecule has 1 aromatic heterocycles. The summed E-state index contributed by atoms with van der Waals surface area (Å²) in [5.74, 6) is -0.246. The van der Waals surface area contributed by atoms with Crippen molar-refractivity contribution >= 4 is 16.9 Å². The molecule has 0 unspecified atom stereocenters. The molecule has 0 aliphatic heterocycles. The number of benzene rings is 1. The first-order valence-corrected chi connectivity index (χ1v) is 6.08. The summed E-state index contributed by atoms with van der Waals surface area (Å²) in [7, 11) is 1.69. The molecule has 19 heavy (non-hydrogen) atoms. The molecule has 5 nitrogen and oxygen atoms in total. The van der Waals surface area contributed by atoms with E-state index in [1.165, 1.54) is 0 Å². The van der Waals surface area contributed by atoms with Crippen molar-refractivity contribution in [3.63, 3.8) is 0 Å². The van der Waals surface area contributed by atoms with Crippen LogP contribution in [0.15, 0.2) is 28.8 Å². The van der Waals surface area contributed by atoms with Crippen molar-refractivity contribution in [2.75, 3.05) is 13.6 Å². The first kappa shape index (κ1) is 13.1. The Hall–Kier alpha value is -2.35. The van der Waals surface area contributed by atoms with Crippen molar-refractivity contribution in [2.24, 2.45) is 5.92 Å². The molecule has 2 aromatic rings. The van der Waals surface area contributed by atoms with Crippen LogP contribution in [0.3, 0.4) is 0 Å². The molecular formula is C14H15N3O2. The molecule has 0 aliphatic rings. The van der Waals surface area contributed by atoms with E-state index in [9.17, 15) is 4.79 Å². The van der Waals surface area contributed by atoms with Gasteiger partial charge in [0.1, 0.15) is 5.69 Å². The van der Waals surface area contributed by atoms with Crippen molar-refractivity contribution < 1.29 is 9.32 Å². The Morgan fingerprint density at radius 3 is 3.00 bits per heavy atom. The van der Waals surface area contributed by atoms with Gasteiger partial charge in [-0.05, 0) is 19.1 Å². The average molecular weight is 257 g/mol. The number of carbonyl (C=O) groups is 1. The topological polar surface area (TPSA) is 70.1 Å². The maximum atomic E-state index is 12.0. The van der Waals surface area contributed by atoms with Crippen molar-refractivity contribution in [3.05, 3.63) is 30.0 Å². The minimum Gasteiger partial charge on any atom is -0.356 e. The van der Waals surface area contributed by atoms with Crippen molar-refractivity contribution in [1.82, 2.24) is 10.1 Å². The molecular weight excluding hydrogens is 242 g/mol. The third-order valence-electron chi connectivity index (χ3n) is 2.96. The lowest BCUT2D eigenvalue weighted by Gasteiger charge is -2.17. The molecule has 98 valence electrons. The largest absolute Gasteiger partial charge is 0.356 e. The van der Waals surface area contributed by atoms with Crippen LogP contribution in [-0.4, -0.2) is 29.6 Å². The first-order chi connectivity index (χ1) is 9.11. The molecule has 0 fully saturated rings. The fourth-order valence-corrected chi connectivity index (χ4v) is 1.90. The van der Waals surface area contributed by atoms with E-state index in [0.717, 1.165) is 5.39 Å². The number of rotatable bonds is 4. The summed E-state index contributed by atoms with van der Waals surface area (Å²) in [6.07, 6.45) is 0.186. The van der Waals surface area contributed by atoms with Gasteiger partial charge in [0.15, 0.2) is 5.58 Å². The summed E-state index contributed by atoms with van der Waals surface area (Å²) in [6.45, 7) is 2.21. The third kappa shape index (κ3) is 2.91. The van der Waals surface area contributed by atoms with Crippen molar-refractivity contribution in [2.45, 2.75) is 13.3 Å². The zero-order valence-electron chi connectivity index (χ0n) is 11.0. The van der Waals surface area contributed by atoms with Gasteiger partial charge >= 0.3 is 0 Å². The molecule has 2 rings (SSSR count). The summed E-state index contributed by atoms with van der Waals surface area (Å²) in [4.78, 5) is 13.6. The molecule has 0 N–H and O–H groups in total. The molecule has 1 heterocycles. The molecule has 0 saturated carbocycles. The number of nitrogens with zero attached hydrogens (tertiary/aromatic N) is 3. The van der Waals surface area contributed by atoms with Gasteiger partial charge in [0, 0.05) is 19.0 Å². The van der Waals surface area contributed by atoms with Crippen LogP contribution >= 0.6 is 0 Å². The predicted octanol–water partition coefficient (Wildman–Crippen LogP) is 1.99. The normalized spacial score (nSPS) is 12.1. The number of aromatic nitrogens is 1. The van der Waals surface area contributed by atoms with Gasteiger partial charge in [0.05, 0.1) is 18.4 Å². The molecule has 1 atom stereocenters. The summed E-state index contributed by atoms with van der Waals surface area (Å²) < 4.78 is 5.16. The molecule has 0 aliphatic carbocycles. The number of carbonyl (C=O) groups excluding carboxylic acids is 1. The van der Waals surface area contributed by atoms with E-state index >= 15 is 0 Å². The van der Waals surface area contributed by atoms with E-state index < -0.39 is 0 Å². The second-order valence-electron chi connectivity index (χ2n) is 4.61. The number of hydrogen-bond acceptors (Lipinski definition) is 4. The van der Waals surface area contributed by atoms with E-state index in [1.54, 1.807) is 18.9 Å². The summed E-state index contributed by atoms with van der Waals surface area (Å²) >= 11 is 0. The van der Waals surface area contributed by atoms with Crippen molar-refractivity contribution in [1.29, 1.82) is 5.26 Å². The Balaban J connectivity index is 2.09. The Bertz CT molecular complexity index is 627. The maximum absolute atomic E-state index is 12.0. The van der Waals surface area contributed by atoms with Gasteiger partial charge in [-0.15, -0.1) is 0 Å². The van der Waals surface area contributed by atoms with E-state index in [1.807, 2.05) is 24.3 Å². The standard InChI is InChI=1S/C14H15N3O2/c1-10(8-15)9-17(2)14(18)7-12-11-5-3-4-6-13(11)19-16-12/h3-6,10H,7,9H2,1-2H3/t10-/m1/s1. The molecule has 0 radical (unpaired) electrons. The summed E-state index contributed by atoms with van der Waals surface area (Å²) in [5.41, 5.74) is 1.32. The molecule has 1 amide bonds. The Labute approximate surface area is 111 Å². The Morgan fingerprint density at radius 2 is 2.26 bits per heavy atom. The monoisotopic (exact) mass is 257 g/mol. The van der Waals surface area contributed by atoms with E-state index in [2.05, 4.69) is 11.2 Å². The minimum atomic E-state index is -0.178. The highest BCUT2D eigenvalue weighted by Crippen LogP contribution is 2.18. The highest BCUT2D eigenvalue weighted by atomic mass is 16.5. The van der Waals surface area contributed by atoms with Gasteiger partial charge in [-0.3, -0.25) is 4.79 Å². The van der Waals surface area contributed by atoms with Gasteiger partial charge in [-0.25, -0.2) is 0 Å². The van der Waals surface area contributed by atoms with Gasteiger partial charge in [-0.1, -0.05) is 17.3 Å². The molecule has 0 spiro atoms.